The standard InChI is InChI=1S/C8H15NO2S/c1-6(2)9-7(12-4)5-8(10)11-3/h5-6,9H,1-4H3/b7-5+. The fourth-order valence-corrected chi connectivity index (χ4v) is 1.18. The molecule has 0 heterocycles. The number of carbonyl (C=O) groups excluding carboxylic acids is 1. The maximum Gasteiger partial charge on any atom is 0.333 e. The van der Waals surface area contributed by atoms with E-state index in [-0.39, 0.29) is 5.97 Å². The molecule has 0 aromatic carbocycles. The molecule has 3 nitrogen and oxygen atoms in total. The van der Waals surface area contributed by atoms with Crippen LogP contribution in [0.2, 0.25) is 0 Å². The fraction of sp³-hybridized carbons (Fsp3) is 0.625. The zero-order chi connectivity index (χ0) is 9.56. The van der Waals surface area contributed by atoms with Crippen molar-refractivity contribution in [1.29, 1.82) is 0 Å². The maximum absolute atomic E-state index is 10.8. The second kappa shape index (κ2) is 5.94. The van der Waals surface area contributed by atoms with E-state index in [0.29, 0.717) is 6.04 Å². The van der Waals surface area contributed by atoms with Crippen molar-refractivity contribution in [3.63, 3.8) is 0 Å². The molecule has 0 atom stereocenters. The van der Waals surface area contributed by atoms with E-state index in [9.17, 15) is 4.79 Å². The molecule has 0 aromatic rings. The number of nitrogens with one attached hydrogen (secondary N) is 1. The first kappa shape index (κ1) is 11.4. The SMILES string of the molecule is COC(=O)/C=C(\NC(C)C)SC. The van der Waals surface area contributed by atoms with Crippen LogP contribution in [0.4, 0.5) is 0 Å². The monoisotopic (exact) mass is 189 g/mol. The number of methoxy groups -OCH3 is 1. The minimum Gasteiger partial charge on any atom is -0.466 e. The van der Waals surface area contributed by atoms with E-state index in [2.05, 4.69) is 10.1 Å². The van der Waals surface area contributed by atoms with E-state index in [0.717, 1.165) is 5.03 Å². The highest BCUT2D eigenvalue weighted by atomic mass is 32.2. The predicted octanol–water partition coefficient (Wildman–Crippen LogP) is 1.36. The third kappa shape index (κ3) is 5.07. The molecule has 0 aromatic heterocycles. The number of thioether (sulfide) groups is 1. The predicted molar refractivity (Wildman–Crippen MR) is 51.9 cm³/mol. The van der Waals surface area contributed by atoms with Gasteiger partial charge < -0.3 is 10.1 Å². The first-order valence-corrected chi connectivity index (χ1v) is 4.92. The Balaban J connectivity index is 4.13. The number of hydrogen-bond donors (Lipinski definition) is 1. The molecule has 1 N–H and O–H groups in total. The second-order valence-electron chi connectivity index (χ2n) is 2.53. The van der Waals surface area contributed by atoms with Gasteiger partial charge in [-0.15, -0.1) is 11.8 Å². The van der Waals surface area contributed by atoms with Gasteiger partial charge >= 0.3 is 5.97 Å². The van der Waals surface area contributed by atoms with Crippen molar-refractivity contribution in [2.75, 3.05) is 13.4 Å². The lowest BCUT2D eigenvalue weighted by molar-refractivity contribution is -0.134. The Morgan fingerprint density at radius 2 is 2.17 bits per heavy atom. The van der Waals surface area contributed by atoms with Crippen LogP contribution in [-0.2, 0) is 9.53 Å². The molecule has 0 aliphatic heterocycles. The summed E-state index contributed by atoms with van der Waals surface area (Å²) in [5.74, 6) is -0.326. The quantitative estimate of drug-likeness (QED) is 0.535. The summed E-state index contributed by atoms with van der Waals surface area (Å²) in [5, 5.41) is 3.95. The van der Waals surface area contributed by atoms with E-state index in [1.165, 1.54) is 24.9 Å². The van der Waals surface area contributed by atoms with Gasteiger partial charge in [-0.05, 0) is 20.1 Å². The smallest absolute Gasteiger partial charge is 0.333 e. The summed E-state index contributed by atoms with van der Waals surface area (Å²) < 4.78 is 4.50. The van der Waals surface area contributed by atoms with Crippen LogP contribution in [0.1, 0.15) is 13.8 Å². The van der Waals surface area contributed by atoms with Crippen molar-refractivity contribution in [2.45, 2.75) is 19.9 Å². The summed E-state index contributed by atoms with van der Waals surface area (Å²) in [6.45, 7) is 4.03. The van der Waals surface area contributed by atoms with Crippen molar-refractivity contribution in [1.82, 2.24) is 5.32 Å². The summed E-state index contributed by atoms with van der Waals surface area (Å²) in [4.78, 5) is 10.8. The number of rotatable bonds is 4. The lowest BCUT2D eigenvalue weighted by Gasteiger charge is -2.10. The minimum absolute atomic E-state index is 0.326. The van der Waals surface area contributed by atoms with Crippen molar-refractivity contribution < 1.29 is 9.53 Å². The molecule has 4 heteroatoms. The van der Waals surface area contributed by atoms with Crippen LogP contribution in [0.5, 0.6) is 0 Å². The van der Waals surface area contributed by atoms with E-state index >= 15 is 0 Å². The fourth-order valence-electron chi connectivity index (χ4n) is 0.610. The van der Waals surface area contributed by atoms with E-state index < -0.39 is 0 Å². The van der Waals surface area contributed by atoms with Gasteiger partial charge in [0.05, 0.1) is 18.2 Å². The molecular weight excluding hydrogens is 174 g/mol. The Hall–Kier alpha value is -0.640. The van der Waals surface area contributed by atoms with E-state index in [4.69, 9.17) is 0 Å². The highest BCUT2D eigenvalue weighted by molar-refractivity contribution is 8.02. The molecule has 0 spiro atoms. The van der Waals surface area contributed by atoms with Crippen molar-refractivity contribution in [3.8, 4) is 0 Å². The Kier molecular flexibility index (Phi) is 5.62. The molecule has 0 radical (unpaired) electrons. The zero-order valence-corrected chi connectivity index (χ0v) is 8.70. The van der Waals surface area contributed by atoms with Crippen molar-refractivity contribution >= 4 is 17.7 Å². The van der Waals surface area contributed by atoms with Crippen molar-refractivity contribution in [2.24, 2.45) is 0 Å². The zero-order valence-electron chi connectivity index (χ0n) is 7.88. The van der Waals surface area contributed by atoms with Crippen LogP contribution >= 0.6 is 11.8 Å². The Labute approximate surface area is 77.6 Å². The topological polar surface area (TPSA) is 38.3 Å². The molecule has 12 heavy (non-hydrogen) atoms. The molecule has 0 fully saturated rings. The lowest BCUT2D eigenvalue weighted by atomic mass is 10.4. The third-order valence-electron chi connectivity index (χ3n) is 1.10. The minimum atomic E-state index is -0.326. The van der Waals surface area contributed by atoms with Crippen LogP contribution in [-0.4, -0.2) is 25.4 Å². The summed E-state index contributed by atoms with van der Waals surface area (Å²) in [6, 6.07) is 0.327. The Morgan fingerprint density at radius 3 is 2.50 bits per heavy atom. The highest BCUT2D eigenvalue weighted by Gasteiger charge is 2.01. The first-order chi connectivity index (χ1) is 5.60. The largest absolute Gasteiger partial charge is 0.466 e. The molecule has 0 rings (SSSR count). The molecule has 0 unspecified atom stereocenters. The maximum atomic E-state index is 10.8. The number of carbonyl (C=O) groups is 1. The Bertz CT molecular complexity index is 178. The molecular formula is C8H15NO2S. The number of esters is 1. The van der Waals surface area contributed by atoms with Gasteiger partial charge in [0.25, 0.3) is 0 Å². The average molecular weight is 189 g/mol. The lowest BCUT2D eigenvalue weighted by Crippen LogP contribution is -2.21. The van der Waals surface area contributed by atoms with Crippen LogP contribution in [0.3, 0.4) is 0 Å². The summed E-state index contributed by atoms with van der Waals surface area (Å²) in [6.07, 6.45) is 3.36. The normalized spacial score (nSPS) is 11.6. The number of ether oxygens (including phenoxy) is 1. The van der Waals surface area contributed by atoms with Crippen LogP contribution in [0, 0.1) is 0 Å². The van der Waals surface area contributed by atoms with Crippen LogP contribution < -0.4 is 5.32 Å². The van der Waals surface area contributed by atoms with Crippen LogP contribution in [0.15, 0.2) is 11.1 Å². The van der Waals surface area contributed by atoms with Gasteiger partial charge in [-0.1, -0.05) is 0 Å². The van der Waals surface area contributed by atoms with Gasteiger partial charge in [0.1, 0.15) is 0 Å². The highest BCUT2D eigenvalue weighted by Crippen LogP contribution is 2.08. The van der Waals surface area contributed by atoms with Gasteiger partial charge in [-0.25, -0.2) is 4.79 Å². The van der Waals surface area contributed by atoms with E-state index in [1.54, 1.807) is 0 Å². The molecule has 0 bridgehead atoms. The van der Waals surface area contributed by atoms with E-state index in [1.807, 2.05) is 20.1 Å². The summed E-state index contributed by atoms with van der Waals surface area (Å²) in [5.41, 5.74) is 0. The van der Waals surface area contributed by atoms with Gasteiger partial charge in [-0.3, -0.25) is 0 Å². The second-order valence-corrected chi connectivity index (χ2v) is 3.38. The molecule has 0 aliphatic rings. The average Bonchev–Trinajstić information content (AvgIpc) is 2.02. The molecule has 0 saturated heterocycles. The van der Waals surface area contributed by atoms with Gasteiger partial charge in [0, 0.05) is 6.04 Å². The number of hydrogen-bond acceptors (Lipinski definition) is 4. The molecule has 0 aliphatic carbocycles. The molecule has 0 amide bonds. The van der Waals surface area contributed by atoms with Gasteiger partial charge in [0.2, 0.25) is 0 Å². The van der Waals surface area contributed by atoms with Crippen LogP contribution in [0.25, 0.3) is 0 Å². The first-order valence-electron chi connectivity index (χ1n) is 3.70. The molecule has 70 valence electrons. The summed E-state index contributed by atoms with van der Waals surface area (Å²) in [7, 11) is 1.37. The Morgan fingerprint density at radius 1 is 1.58 bits per heavy atom. The van der Waals surface area contributed by atoms with Crippen molar-refractivity contribution in [3.05, 3.63) is 11.1 Å². The third-order valence-corrected chi connectivity index (χ3v) is 1.78. The van der Waals surface area contributed by atoms with Gasteiger partial charge in [0.15, 0.2) is 0 Å². The summed E-state index contributed by atoms with van der Waals surface area (Å²) >= 11 is 1.49. The molecule has 0 saturated carbocycles. The van der Waals surface area contributed by atoms with Gasteiger partial charge in [-0.2, -0.15) is 0 Å².